The van der Waals surface area contributed by atoms with Gasteiger partial charge >= 0.3 is 18.0 Å². The van der Waals surface area contributed by atoms with E-state index in [0.29, 0.717) is 0 Å². The fourth-order valence-corrected chi connectivity index (χ4v) is 0.991. The van der Waals surface area contributed by atoms with Gasteiger partial charge in [0, 0.05) is 7.05 Å². The number of ether oxygens (including phenoxy) is 2. The van der Waals surface area contributed by atoms with Crippen LogP contribution in [0.25, 0.3) is 0 Å². The summed E-state index contributed by atoms with van der Waals surface area (Å²) in [5.41, 5.74) is -0.683. The molecule has 0 radical (unpaired) electrons. The fraction of sp³-hybridized carbons (Fsp3) is 0.750. The van der Waals surface area contributed by atoms with Gasteiger partial charge in [-0.2, -0.15) is 0 Å². The second-order valence-corrected chi connectivity index (χ2v) is 5.18. The molecule has 0 rings (SSSR count). The van der Waals surface area contributed by atoms with Crippen LogP contribution >= 0.6 is 0 Å². The number of aliphatic carboxylic acids is 1. The van der Waals surface area contributed by atoms with Crippen molar-refractivity contribution in [2.24, 2.45) is 0 Å². The number of carboxylic acids is 1. The molecule has 1 N–H and O–H groups in total. The molecule has 0 fully saturated rings. The molecule has 0 heterocycles. The summed E-state index contributed by atoms with van der Waals surface area (Å²) in [4.78, 5) is 34.8. The minimum Gasteiger partial charge on any atom is -0.480 e. The Balaban J connectivity index is 4.48. The van der Waals surface area contributed by atoms with Crippen LogP contribution < -0.4 is 0 Å². The molecule has 0 aromatic carbocycles. The van der Waals surface area contributed by atoms with E-state index >= 15 is 0 Å². The number of nitrogens with zero attached hydrogens (tertiary/aromatic N) is 1. The van der Waals surface area contributed by atoms with E-state index in [1.54, 1.807) is 20.8 Å². The molecule has 0 aliphatic carbocycles. The number of esters is 1. The van der Waals surface area contributed by atoms with E-state index in [4.69, 9.17) is 14.6 Å². The number of carboxylic acid groups (broad SMARTS) is 1. The number of rotatable bonds is 4. The van der Waals surface area contributed by atoms with Crippen molar-refractivity contribution < 1.29 is 29.0 Å². The first-order valence-electron chi connectivity index (χ1n) is 5.85. The van der Waals surface area contributed by atoms with Crippen LogP contribution in [-0.2, 0) is 19.1 Å². The zero-order chi connectivity index (χ0) is 15.4. The Morgan fingerprint density at radius 1 is 1.16 bits per heavy atom. The van der Waals surface area contributed by atoms with Crippen LogP contribution in [0.1, 0.15) is 34.6 Å². The molecule has 7 nitrogen and oxygen atoms in total. The molecule has 0 saturated carbocycles. The van der Waals surface area contributed by atoms with Gasteiger partial charge in [0.25, 0.3) is 0 Å². The third-order valence-electron chi connectivity index (χ3n) is 2.24. The fourth-order valence-electron chi connectivity index (χ4n) is 0.991. The minimum absolute atomic E-state index is 0.683. The molecule has 0 aromatic rings. The van der Waals surface area contributed by atoms with Crippen LogP contribution in [0.4, 0.5) is 4.79 Å². The molecule has 110 valence electrons. The van der Waals surface area contributed by atoms with E-state index in [0.717, 1.165) is 4.90 Å². The molecule has 1 amide bonds. The normalized spacial score (nSPS) is 14.2. The molecule has 0 bridgehead atoms. The quantitative estimate of drug-likeness (QED) is 0.776. The van der Waals surface area contributed by atoms with Gasteiger partial charge in [0.2, 0.25) is 0 Å². The van der Waals surface area contributed by atoms with Gasteiger partial charge in [0.15, 0.2) is 6.10 Å². The molecular formula is C12H21NO6. The monoisotopic (exact) mass is 275 g/mol. The maximum absolute atomic E-state index is 11.6. The summed E-state index contributed by atoms with van der Waals surface area (Å²) in [5.74, 6) is -1.85. The predicted octanol–water partition coefficient (Wildman–Crippen LogP) is 1.26. The molecule has 7 heteroatoms. The Labute approximate surface area is 112 Å². The second kappa shape index (κ2) is 6.40. The molecule has 0 saturated heterocycles. The van der Waals surface area contributed by atoms with E-state index in [1.807, 2.05) is 0 Å². The molecule has 19 heavy (non-hydrogen) atoms. The Bertz CT molecular complexity index is 360. The van der Waals surface area contributed by atoms with Gasteiger partial charge in [0.1, 0.15) is 11.6 Å². The summed E-state index contributed by atoms with van der Waals surface area (Å²) in [6.45, 7) is 7.78. The first-order valence-corrected chi connectivity index (χ1v) is 5.85. The van der Waals surface area contributed by atoms with Gasteiger partial charge in [-0.3, -0.25) is 4.90 Å². The highest BCUT2D eigenvalue weighted by atomic mass is 16.6. The van der Waals surface area contributed by atoms with Gasteiger partial charge in [0.05, 0.1) is 0 Å². The Morgan fingerprint density at radius 2 is 1.63 bits per heavy atom. The summed E-state index contributed by atoms with van der Waals surface area (Å²) in [6.07, 6.45) is -2.00. The van der Waals surface area contributed by atoms with Crippen LogP contribution in [-0.4, -0.2) is 52.8 Å². The third kappa shape index (κ3) is 6.08. The maximum Gasteiger partial charge on any atom is 0.411 e. The van der Waals surface area contributed by atoms with Crippen molar-refractivity contribution in [3.8, 4) is 0 Å². The van der Waals surface area contributed by atoms with Crippen LogP contribution in [0, 0.1) is 0 Å². The first-order chi connectivity index (χ1) is 8.45. The van der Waals surface area contributed by atoms with Crippen LogP contribution in [0.2, 0.25) is 0 Å². The number of hydrogen-bond donors (Lipinski definition) is 1. The van der Waals surface area contributed by atoms with Crippen LogP contribution in [0.3, 0.4) is 0 Å². The molecule has 2 atom stereocenters. The van der Waals surface area contributed by atoms with E-state index in [9.17, 15) is 14.4 Å². The number of likely N-dealkylation sites (N-methyl/N-ethyl adjacent to an activating group) is 1. The summed E-state index contributed by atoms with van der Waals surface area (Å²) in [5, 5.41) is 8.76. The Hall–Kier alpha value is -1.79. The van der Waals surface area contributed by atoms with Crippen molar-refractivity contribution in [1.29, 1.82) is 0 Å². The van der Waals surface area contributed by atoms with E-state index < -0.39 is 35.8 Å². The number of hydrogen-bond acceptors (Lipinski definition) is 5. The standard InChI is InChI=1S/C12H21NO6/c1-7(9(14)15)13(6)11(17)18-8(2)10(16)19-12(3,4)5/h7-8H,1-6H3,(H,14,15). The second-order valence-electron chi connectivity index (χ2n) is 5.18. The highest BCUT2D eigenvalue weighted by Gasteiger charge is 2.28. The van der Waals surface area contributed by atoms with E-state index in [2.05, 4.69) is 0 Å². The van der Waals surface area contributed by atoms with E-state index in [-0.39, 0.29) is 0 Å². The summed E-state index contributed by atoms with van der Waals surface area (Å²) >= 11 is 0. The average molecular weight is 275 g/mol. The van der Waals surface area contributed by atoms with Crippen molar-refractivity contribution in [2.45, 2.75) is 52.4 Å². The number of carbonyl (C=O) groups excluding carboxylic acids is 2. The summed E-state index contributed by atoms with van der Waals surface area (Å²) in [7, 11) is 1.28. The van der Waals surface area contributed by atoms with Crippen LogP contribution in [0.5, 0.6) is 0 Å². The van der Waals surface area contributed by atoms with Crippen LogP contribution in [0.15, 0.2) is 0 Å². The number of carbonyl (C=O) groups is 3. The average Bonchev–Trinajstić information content (AvgIpc) is 2.24. The molecule has 0 aromatic heterocycles. The van der Waals surface area contributed by atoms with Crippen molar-refractivity contribution in [1.82, 2.24) is 4.90 Å². The van der Waals surface area contributed by atoms with Crippen molar-refractivity contribution in [3.63, 3.8) is 0 Å². The molecule has 0 spiro atoms. The molecular weight excluding hydrogens is 254 g/mol. The topological polar surface area (TPSA) is 93.1 Å². The summed E-state index contributed by atoms with van der Waals surface area (Å²) < 4.78 is 9.88. The molecule has 0 aliphatic rings. The van der Waals surface area contributed by atoms with Gasteiger partial charge in [-0.1, -0.05) is 0 Å². The lowest BCUT2D eigenvalue weighted by Crippen LogP contribution is -2.43. The Morgan fingerprint density at radius 3 is 2.00 bits per heavy atom. The first kappa shape index (κ1) is 17.2. The third-order valence-corrected chi connectivity index (χ3v) is 2.24. The summed E-state index contributed by atoms with van der Waals surface area (Å²) in [6, 6.07) is -1.04. The van der Waals surface area contributed by atoms with Crippen molar-refractivity contribution in [2.75, 3.05) is 7.05 Å². The maximum atomic E-state index is 11.6. The molecule has 2 unspecified atom stereocenters. The zero-order valence-electron chi connectivity index (χ0n) is 12.1. The lowest BCUT2D eigenvalue weighted by Gasteiger charge is -2.25. The zero-order valence-corrected chi connectivity index (χ0v) is 12.1. The number of amides is 1. The largest absolute Gasteiger partial charge is 0.480 e. The SMILES string of the molecule is CC(OC(=O)N(C)C(C)C(=O)O)C(=O)OC(C)(C)C. The predicted molar refractivity (Wildman–Crippen MR) is 66.6 cm³/mol. The lowest BCUT2D eigenvalue weighted by atomic mass is 10.2. The minimum atomic E-state index is -1.16. The Kier molecular flexibility index (Phi) is 5.80. The van der Waals surface area contributed by atoms with Crippen molar-refractivity contribution >= 4 is 18.0 Å². The highest BCUT2D eigenvalue weighted by Crippen LogP contribution is 2.10. The van der Waals surface area contributed by atoms with Gasteiger partial charge in [-0.15, -0.1) is 0 Å². The molecule has 0 aliphatic heterocycles. The lowest BCUT2D eigenvalue weighted by molar-refractivity contribution is -0.164. The highest BCUT2D eigenvalue weighted by molar-refractivity contribution is 5.82. The van der Waals surface area contributed by atoms with E-state index in [1.165, 1.54) is 20.9 Å². The van der Waals surface area contributed by atoms with Gasteiger partial charge in [-0.05, 0) is 34.6 Å². The smallest absolute Gasteiger partial charge is 0.411 e. The van der Waals surface area contributed by atoms with Gasteiger partial charge in [-0.25, -0.2) is 14.4 Å². The van der Waals surface area contributed by atoms with Gasteiger partial charge < -0.3 is 14.6 Å². The van der Waals surface area contributed by atoms with Crippen molar-refractivity contribution in [3.05, 3.63) is 0 Å².